The fourth-order valence-electron chi connectivity index (χ4n) is 6.02. The van der Waals surface area contributed by atoms with Crippen LogP contribution in [0.1, 0.15) is 27.8 Å². The van der Waals surface area contributed by atoms with Gasteiger partial charge in [-0.2, -0.15) is 0 Å². The first-order chi connectivity index (χ1) is 16.5. The van der Waals surface area contributed by atoms with Crippen molar-refractivity contribution >= 4 is 17.4 Å². The minimum Gasteiger partial charge on any atom is -0.278 e. The summed E-state index contributed by atoms with van der Waals surface area (Å²) < 4.78 is 0. The predicted molar refractivity (Wildman–Crippen MR) is 133 cm³/mol. The van der Waals surface area contributed by atoms with Gasteiger partial charge in [0.05, 0.1) is 18.4 Å². The number of rotatable bonds is 4. The average molecular weight is 446 g/mol. The molecule has 1 aliphatic heterocycles. The second-order valence-corrected chi connectivity index (χ2v) is 9.80. The number of amides is 2. The van der Waals surface area contributed by atoms with Gasteiger partial charge in [-0.3, -0.25) is 14.5 Å². The van der Waals surface area contributed by atoms with E-state index < -0.39 is 0 Å². The molecule has 1 saturated carbocycles. The van der Waals surface area contributed by atoms with Crippen LogP contribution in [0.5, 0.6) is 0 Å². The molecule has 3 aromatic carbocycles. The number of carbonyl (C=O) groups excluding carboxylic acids is 2. The smallest absolute Gasteiger partial charge is 0.234 e. The minimum absolute atomic E-state index is 0.0274. The van der Waals surface area contributed by atoms with E-state index in [1.807, 2.05) is 30.3 Å². The van der Waals surface area contributed by atoms with E-state index in [2.05, 4.69) is 74.5 Å². The van der Waals surface area contributed by atoms with Crippen molar-refractivity contribution in [2.45, 2.75) is 20.4 Å². The standard InChI is InChI=1S/C31H27NO2/c1-19-8-12-22(13-9-19)26(23-14-10-20(2)11-15-23)27-24-16-17-25(27)29-28(24)30(33)32(31(29)34)18-21-6-4-3-5-7-21/h3-17,24-25,28-29H,18H2,1-2H3/t24-,25-,28-,29+/m1/s1. The van der Waals surface area contributed by atoms with Crippen LogP contribution in [0.2, 0.25) is 0 Å². The number of allylic oxidation sites excluding steroid dienone is 3. The van der Waals surface area contributed by atoms with Crippen LogP contribution in [0.25, 0.3) is 5.57 Å². The summed E-state index contributed by atoms with van der Waals surface area (Å²) >= 11 is 0. The predicted octanol–water partition coefficient (Wildman–Crippen LogP) is 5.72. The first-order valence-electron chi connectivity index (χ1n) is 12.0. The molecule has 4 atom stereocenters. The number of hydrogen-bond donors (Lipinski definition) is 0. The maximum atomic E-state index is 13.6. The van der Waals surface area contributed by atoms with Crippen LogP contribution in [0, 0.1) is 37.5 Å². The maximum Gasteiger partial charge on any atom is 0.234 e. The topological polar surface area (TPSA) is 37.4 Å². The van der Waals surface area contributed by atoms with Gasteiger partial charge < -0.3 is 0 Å². The van der Waals surface area contributed by atoms with E-state index in [-0.39, 0.29) is 35.5 Å². The molecule has 0 radical (unpaired) electrons. The van der Waals surface area contributed by atoms with Crippen LogP contribution in [0.15, 0.2) is 96.6 Å². The van der Waals surface area contributed by atoms with Crippen LogP contribution < -0.4 is 0 Å². The molecule has 3 aromatic rings. The Labute approximate surface area is 200 Å². The van der Waals surface area contributed by atoms with Crippen molar-refractivity contribution in [3.8, 4) is 0 Å². The normalized spacial score (nSPS) is 24.8. The SMILES string of the molecule is Cc1ccc(C(=C2[C@H]3C=C[C@H]2[C@H]2C(=O)N(Cc4ccccc4)C(=O)[C@H]23)c2ccc(C)cc2)cc1. The van der Waals surface area contributed by atoms with E-state index >= 15 is 0 Å². The lowest BCUT2D eigenvalue weighted by Crippen LogP contribution is -2.32. The van der Waals surface area contributed by atoms with Crippen molar-refractivity contribution in [2.75, 3.05) is 0 Å². The number of carbonyl (C=O) groups is 2. The number of benzene rings is 3. The Morgan fingerprint density at radius 1 is 0.676 bits per heavy atom. The number of fused-ring (bicyclic) bond motifs is 5. The van der Waals surface area contributed by atoms with Crippen LogP contribution in [-0.2, 0) is 16.1 Å². The summed E-state index contributed by atoms with van der Waals surface area (Å²) in [5.74, 6) is -0.727. The molecule has 0 spiro atoms. The maximum absolute atomic E-state index is 13.6. The highest BCUT2D eigenvalue weighted by Gasteiger charge is 2.62. The molecule has 0 unspecified atom stereocenters. The lowest BCUT2D eigenvalue weighted by Gasteiger charge is -2.22. The molecule has 34 heavy (non-hydrogen) atoms. The lowest BCUT2D eigenvalue weighted by molar-refractivity contribution is -0.141. The lowest BCUT2D eigenvalue weighted by atomic mass is 9.85. The van der Waals surface area contributed by atoms with E-state index in [0.717, 1.165) is 16.7 Å². The van der Waals surface area contributed by atoms with E-state index in [9.17, 15) is 9.59 Å². The number of imide groups is 1. The zero-order valence-corrected chi connectivity index (χ0v) is 19.4. The zero-order valence-electron chi connectivity index (χ0n) is 19.4. The van der Waals surface area contributed by atoms with Crippen LogP contribution >= 0.6 is 0 Å². The summed E-state index contributed by atoms with van der Waals surface area (Å²) in [6.45, 7) is 4.53. The molecule has 2 fully saturated rings. The van der Waals surface area contributed by atoms with Crippen molar-refractivity contribution < 1.29 is 9.59 Å². The van der Waals surface area contributed by atoms with Gasteiger partial charge in [-0.05, 0) is 41.7 Å². The fraction of sp³-hybridized carbons (Fsp3) is 0.226. The van der Waals surface area contributed by atoms with Crippen LogP contribution in [-0.4, -0.2) is 16.7 Å². The molecule has 2 amide bonds. The first kappa shape index (κ1) is 20.9. The van der Waals surface area contributed by atoms with Gasteiger partial charge in [-0.15, -0.1) is 0 Å². The molecule has 1 heterocycles. The summed E-state index contributed by atoms with van der Waals surface area (Å²) in [5.41, 5.74) is 8.09. The van der Waals surface area contributed by atoms with Crippen molar-refractivity contribution in [3.63, 3.8) is 0 Å². The van der Waals surface area contributed by atoms with Gasteiger partial charge in [0.2, 0.25) is 11.8 Å². The van der Waals surface area contributed by atoms with Gasteiger partial charge in [0.15, 0.2) is 0 Å². The molecule has 3 aliphatic rings. The molecular formula is C31H27NO2. The van der Waals surface area contributed by atoms with Gasteiger partial charge in [-0.1, -0.05) is 102 Å². The summed E-state index contributed by atoms with van der Waals surface area (Å²) in [4.78, 5) is 28.6. The third-order valence-electron chi connectivity index (χ3n) is 7.66. The van der Waals surface area contributed by atoms with Gasteiger partial charge in [0.25, 0.3) is 0 Å². The third-order valence-corrected chi connectivity index (χ3v) is 7.66. The second-order valence-electron chi connectivity index (χ2n) is 9.80. The van der Waals surface area contributed by atoms with Crippen molar-refractivity contribution in [1.82, 2.24) is 4.90 Å². The van der Waals surface area contributed by atoms with Crippen LogP contribution in [0.4, 0.5) is 0 Å². The Morgan fingerprint density at radius 3 is 1.62 bits per heavy atom. The Bertz CT molecular complexity index is 1250. The summed E-state index contributed by atoms with van der Waals surface area (Å²) in [6.07, 6.45) is 4.33. The molecular weight excluding hydrogens is 418 g/mol. The van der Waals surface area contributed by atoms with E-state index in [1.54, 1.807) is 0 Å². The molecule has 2 bridgehead atoms. The Kier molecular flexibility index (Phi) is 4.88. The highest BCUT2D eigenvalue weighted by atomic mass is 16.2. The summed E-state index contributed by atoms with van der Waals surface area (Å²) in [6, 6.07) is 27.0. The summed E-state index contributed by atoms with van der Waals surface area (Å²) in [7, 11) is 0. The third kappa shape index (κ3) is 3.19. The number of hydrogen-bond acceptors (Lipinski definition) is 2. The van der Waals surface area contributed by atoms with Gasteiger partial charge in [-0.25, -0.2) is 0 Å². The van der Waals surface area contributed by atoms with Crippen molar-refractivity contribution in [1.29, 1.82) is 0 Å². The van der Waals surface area contributed by atoms with E-state index in [1.165, 1.54) is 27.2 Å². The second kappa shape index (κ2) is 7.95. The van der Waals surface area contributed by atoms with Gasteiger partial charge in [0, 0.05) is 11.8 Å². The Balaban J connectivity index is 1.44. The van der Waals surface area contributed by atoms with Crippen molar-refractivity contribution in [3.05, 3.63) is 124 Å². The number of nitrogens with zero attached hydrogens (tertiary/aromatic N) is 1. The van der Waals surface area contributed by atoms with E-state index in [0.29, 0.717) is 6.54 Å². The van der Waals surface area contributed by atoms with Gasteiger partial charge in [0.1, 0.15) is 0 Å². The number of likely N-dealkylation sites (tertiary alicyclic amines) is 1. The minimum atomic E-state index is -0.299. The molecule has 0 aromatic heterocycles. The average Bonchev–Trinajstić information content (AvgIpc) is 3.48. The quantitative estimate of drug-likeness (QED) is 0.380. The monoisotopic (exact) mass is 445 g/mol. The fourth-order valence-corrected chi connectivity index (χ4v) is 6.02. The largest absolute Gasteiger partial charge is 0.278 e. The molecule has 6 rings (SSSR count). The van der Waals surface area contributed by atoms with Crippen molar-refractivity contribution in [2.24, 2.45) is 23.7 Å². The zero-order chi connectivity index (χ0) is 23.4. The number of aryl methyl sites for hydroxylation is 2. The van der Waals surface area contributed by atoms with Crippen LogP contribution in [0.3, 0.4) is 0 Å². The summed E-state index contributed by atoms with van der Waals surface area (Å²) in [5, 5.41) is 0. The molecule has 168 valence electrons. The highest BCUT2D eigenvalue weighted by molar-refractivity contribution is 6.08. The Hall–Kier alpha value is -3.72. The first-order valence-corrected chi connectivity index (χ1v) is 12.0. The van der Waals surface area contributed by atoms with E-state index in [4.69, 9.17) is 0 Å². The highest BCUT2D eigenvalue weighted by Crippen LogP contribution is 2.58. The molecule has 3 heteroatoms. The van der Waals surface area contributed by atoms with Gasteiger partial charge >= 0.3 is 0 Å². The Morgan fingerprint density at radius 2 is 1.15 bits per heavy atom. The molecule has 3 nitrogen and oxygen atoms in total. The molecule has 2 aliphatic carbocycles. The molecule has 1 saturated heterocycles. The molecule has 0 N–H and O–H groups in total.